The number of nitrogens with one attached hydrogen (secondary N) is 1. The summed E-state index contributed by atoms with van der Waals surface area (Å²) in [7, 11) is 0. The summed E-state index contributed by atoms with van der Waals surface area (Å²) in [6.45, 7) is 9.12. The van der Waals surface area contributed by atoms with Crippen LogP contribution in [0.3, 0.4) is 0 Å². The summed E-state index contributed by atoms with van der Waals surface area (Å²) >= 11 is 0. The van der Waals surface area contributed by atoms with Gasteiger partial charge in [0.05, 0.1) is 6.54 Å². The summed E-state index contributed by atoms with van der Waals surface area (Å²) < 4.78 is 6.03. The first-order valence-corrected chi connectivity index (χ1v) is 13.5. The fourth-order valence-corrected chi connectivity index (χ4v) is 5.61. The molecule has 1 aromatic heterocycles. The lowest BCUT2D eigenvalue weighted by atomic mass is 9.93. The number of amides is 1. The van der Waals surface area contributed by atoms with E-state index < -0.39 is 0 Å². The molecule has 0 bridgehead atoms. The molecule has 186 valence electrons. The van der Waals surface area contributed by atoms with Gasteiger partial charge in [0.15, 0.2) is 5.76 Å². The number of nitrogens with zero attached hydrogens (tertiary/aromatic N) is 2. The second kappa shape index (κ2) is 12.6. The maximum atomic E-state index is 12.7. The Morgan fingerprint density at radius 1 is 1.03 bits per heavy atom. The summed E-state index contributed by atoms with van der Waals surface area (Å²) in [5, 5.41) is 3.06. The molecule has 0 radical (unpaired) electrons. The number of likely N-dealkylation sites (tertiary alicyclic amines) is 1. The third-order valence-electron chi connectivity index (χ3n) is 7.82. The average molecular weight is 466 g/mol. The number of hydrogen-bond donors (Lipinski definition) is 1. The zero-order valence-electron chi connectivity index (χ0n) is 21.2. The minimum atomic E-state index is -0.0962. The monoisotopic (exact) mass is 465 g/mol. The highest BCUT2D eigenvalue weighted by Crippen LogP contribution is 2.27. The first-order chi connectivity index (χ1) is 16.6. The molecule has 4 rings (SSSR count). The molecule has 5 heteroatoms. The topological polar surface area (TPSA) is 48.7 Å². The predicted octanol–water partition coefficient (Wildman–Crippen LogP) is 5.92. The molecule has 1 aromatic carbocycles. The van der Waals surface area contributed by atoms with Gasteiger partial charge in [0.25, 0.3) is 5.91 Å². The molecule has 0 spiro atoms. The second-order valence-electron chi connectivity index (χ2n) is 10.4. The van der Waals surface area contributed by atoms with Gasteiger partial charge in [-0.1, -0.05) is 49.9 Å². The normalized spacial score (nSPS) is 20.0. The van der Waals surface area contributed by atoms with Crippen LogP contribution in [0.4, 0.5) is 0 Å². The molecule has 2 fully saturated rings. The molecule has 34 heavy (non-hydrogen) atoms. The van der Waals surface area contributed by atoms with Crippen LogP contribution in [0.1, 0.15) is 92.2 Å². The summed E-state index contributed by atoms with van der Waals surface area (Å²) in [5.74, 6) is 1.22. The first-order valence-electron chi connectivity index (χ1n) is 13.5. The standard InChI is InChI=1S/C29H43N3O2/c1-23-11-6-7-13-25(23)21-32(26-14-4-3-5-15-26)22-27-16-17-28(34-27)29(33)30-18-10-20-31-19-9-8-12-24(31)2/h6-7,11,13,16-17,24,26H,3-5,8-10,12,14-15,18-22H2,1-2H3,(H,30,33). The molecule has 5 nitrogen and oxygen atoms in total. The second-order valence-corrected chi connectivity index (χ2v) is 10.4. The zero-order chi connectivity index (χ0) is 23.8. The van der Waals surface area contributed by atoms with E-state index in [2.05, 4.69) is 53.2 Å². The fourth-order valence-electron chi connectivity index (χ4n) is 5.61. The number of aryl methyl sites for hydroxylation is 1. The van der Waals surface area contributed by atoms with E-state index in [1.54, 1.807) is 0 Å². The van der Waals surface area contributed by atoms with E-state index in [9.17, 15) is 4.79 Å². The quantitative estimate of drug-likeness (QED) is 0.443. The van der Waals surface area contributed by atoms with Gasteiger partial charge in [-0.05, 0) is 75.8 Å². The van der Waals surface area contributed by atoms with Crippen LogP contribution in [0.15, 0.2) is 40.8 Å². The van der Waals surface area contributed by atoms with Crippen molar-refractivity contribution in [1.82, 2.24) is 15.1 Å². The van der Waals surface area contributed by atoms with Crippen LogP contribution < -0.4 is 5.32 Å². The van der Waals surface area contributed by atoms with E-state index >= 15 is 0 Å². The van der Waals surface area contributed by atoms with E-state index in [0.29, 0.717) is 24.4 Å². The van der Waals surface area contributed by atoms with E-state index in [0.717, 1.165) is 31.8 Å². The predicted molar refractivity (Wildman–Crippen MR) is 138 cm³/mol. The minimum absolute atomic E-state index is 0.0962. The molecule has 2 aliphatic rings. The lowest BCUT2D eigenvalue weighted by Gasteiger charge is -2.34. The fraction of sp³-hybridized carbons (Fsp3) is 0.621. The van der Waals surface area contributed by atoms with Crippen LogP contribution in [0.2, 0.25) is 0 Å². The van der Waals surface area contributed by atoms with Gasteiger partial charge in [-0.3, -0.25) is 9.69 Å². The van der Waals surface area contributed by atoms with Crippen molar-refractivity contribution in [3.8, 4) is 0 Å². The van der Waals surface area contributed by atoms with Gasteiger partial charge in [0.2, 0.25) is 0 Å². The number of carbonyl (C=O) groups excluding carboxylic acids is 1. The van der Waals surface area contributed by atoms with Gasteiger partial charge in [-0.2, -0.15) is 0 Å². The minimum Gasteiger partial charge on any atom is -0.455 e. The maximum Gasteiger partial charge on any atom is 0.286 e. The summed E-state index contributed by atoms with van der Waals surface area (Å²) in [6, 6.07) is 13.7. The number of hydrogen-bond acceptors (Lipinski definition) is 4. The smallest absolute Gasteiger partial charge is 0.286 e. The lowest BCUT2D eigenvalue weighted by molar-refractivity contribution is 0.0911. The zero-order valence-corrected chi connectivity index (χ0v) is 21.2. The third-order valence-corrected chi connectivity index (χ3v) is 7.82. The van der Waals surface area contributed by atoms with Crippen LogP contribution in [-0.4, -0.2) is 47.4 Å². The van der Waals surface area contributed by atoms with Crippen molar-refractivity contribution in [2.75, 3.05) is 19.6 Å². The van der Waals surface area contributed by atoms with E-state index in [-0.39, 0.29) is 5.91 Å². The first kappa shape index (κ1) is 25.0. The third kappa shape index (κ3) is 6.96. The Morgan fingerprint density at radius 3 is 2.62 bits per heavy atom. The lowest BCUT2D eigenvalue weighted by Crippen LogP contribution is -2.39. The van der Waals surface area contributed by atoms with Crippen molar-refractivity contribution in [3.63, 3.8) is 0 Å². The number of furan rings is 1. The molecule has 1 aliphatic heterocycles. The molecule has 1 unspecified atom stereocenters. The molecule has 1 saturated carbocycles. The van der Waals surface area contributed by atoms with Crippen LogP contribution in [-0.2, 0) is 13.1 Å². The Labute approximate surface area is 205 Å². The largest absolute Gasteiger partial charge is 0.455 e. The Hall–Kier alpha value is -2.11. The van der Waals surface area contributed by atoms with Crippen molar-refractivity contribution in [1.29, 1.82) is 0 Å². The van der Waals surface area contributed by atoms with E-state index in [4.69, 9.17) is 4.42 Å². The van der Waals surface area contributed by atoms with E-state index in [1.165, 1.54) is 69.0 Å². The number of benzene rings is 1. The van der Waals surface area contributed by atoms with Crippen LogP contribution >= 0.6 is 0 Å². The molecule has 1 saturated heterocycles. The van der Waals surface area contributed by atoms with Gasteiger partial charge < -0.3 is 14.6 Å². The number of rotatable bonds is 10. The molecular formula is C29H43N3O2. The summed E-state index contributed by atoms with van der Waals surface area (Å²) in [5.41, 5.74) is 2.71. The van der Waals surface area contributed by atoms with Crippen molar-refractivity contribution >= 4 is 5.91 Å². The molecule has 1 N–H and O–H groups in total. The molecule has 1 atom stereocenters. The van der Waals surface area contributed by atoms with Crippen molar-refractivity contribution < 1.29 is 9.21 Å². The number of piperidine rings is 1. The van der Waals surface area contributed by atoms with Crippen LogP contribution in [0.25, 0.3) is 0 Å². The SMILES string of the molecule is Cc1ccccc1CN(Cc1ccc(C(=O)NCCCN2CCCCC2C)o1)C1CCCCC1. The Balaban J connectivity index is 1.30. The maximum absolute atomic E-state index is 12.7. The van der Waals surface area contributed by atoms with Gasteiger partial charge in [-0.15, -0.1) is 0 Å². The summed E-state index contributed by atoms with van der Waals surface area (Å²) in [4.78, 5) is 17.8. The van der Waals surface area contributed by atoms with Crippen LogP contribution in [0.5, 0.6) is 0 Å². The van der Waals surface area contributed by atoms with Crippen molar-refractivity contribution in [2.45, 2.75) is 96.8 Å². The number of carbonyl (C=O) groups is 1. The van der Waals surface area contributed by atoms with Gasteiger partial charge >= 0.3 is 0 Å². The molecule has 1 aliphatic carbocycles. The van der Waals surface area contributed by atoms with Gasteiger partial charge in [0.1, 0.15) is 5.76 Å². The Bertz CT molecular complexity index is 902. The highest BCUT2D eigenvalue weighted by molar-refractivity contribution is 5.91. The molecular weight excluding hydrogens is 422 g/mol. The molecule has 2 heterocycles. The Kier molecular flexibility index (Phi) is 9.23. The van der Waals surface area contributed by atoms with Crippen LogP contribution in [0, 0.1) is 6.92 Å². The molecule has 1 amide bonds. The Morgan fingerprint density at radius 2 is 1.82 bits per heavy atom. The molecule has 2 aromatic rings. The summed E-state index contributed by atoms with van der Waals surface area (Å²) in [6.07, 6.45) is 11.4. The van der Waals surface area contributed by atoms with E-state index in [1.807, 2.05) is 12.1 Å². The van der Waals surface area contributed by atoms with Gasteiger partial charge in [0, 0.05) is 31.7 Å². The average Bonchev–Trinajstić information content (AvgIpc) is 3.33. The highest BCUT2D eigenvalue weighted by Gasteiger charge is 2.24. The van der Waals surface area contributed by atoms with Gasteiger partial charge in [-0.25, -0.2) is 0 Å². The van der Waals surface area contributed by atoms with Crippen molar-refractivity contribution in [2.24, 2.45) is 0 Å². The highest BCUT2D eigenvalue weighted by atomic mass is 16.4. The van der Waals surface area contributed by atoms with Crippen molar-refractivity contribution in [3.05, 3.63) is 59.0 Å².